The zero-order valence-electron chi connectivity index (χ0n) is 18.8. The Kier molecular flexibility index (Phi) is 6.15. The molecule has 2 aromatic heterocycles. The van der Waals surface area contributed by atoms with Crippen LogP contribution in [0.5, 0.6) is 0 Å². The fourth-order valence-corrected chi connectivity index (χ4v) is 4.98. The topological polar surface area (TPSA) is 75.0 Å². The molecule has 0 amide bonds. The monoisotopic (exact) mass is 458 g/mol. The van der Waals surface area contributed by atoms with Crippen LogP contribution in [0.3, 0.4) is 0 Å². The maximum absolute atomic E-state index is 12.8. The Morgan fingerprint density at radius 1 is 1.09 bits per heavy atom. The summed E-state index contributed by atoms with van der Waals surface area (Å²) in [6.07, 6.45) is 0.778. The van der Waals surface area contributed by atoms with Crippen LogP contribution in [-0.2, 0) is 25.3 Å². The van der Waals surface area contributed by atoms with Crippen molar-refractivity contribution in [1.82, 2.24) is 19.9 Å². The number of H-pyrrole nitrogens is 1. The Bertz CT molecular complexity index is 1330. The molecule has 0 aliphatic carbocycles. The zero-order valence-corrected chi connectivity index (χ0v) is 19.6. The molecule has 7 heteroatoms. The Hall–Kier alpha value is -3.16. The molecule has 0 saturated heterocycles. The van der Waals surface area contributed by atoms with Crippen molar-refractivity contribution in [3.63, 3.8) is 0 Å². The van der Waals surface area contributed by atoms with Gasteiger partial charge in [-0.05, 0) is 31.5 Å². The number of oxazole rings is 1. The van der Waals surface area contributed by atoms with E-state index in [1.54, 1.807) is 0 Å². The molecule has 33 heavy (non-hydrogen) atoms. The highest BCUT2D eigenvalue weighted by atomic mass is 32.2. The molecule has 0 spiro atoms. The number of fused-ring (bicyclic) bond motifs is 1. The number of aromatic amines is 1. The molecule has 0 radical (unpaired) electrons. The molecule has 1 N–H and O–H groups in total. The van der Waals surface area contributed by atoms with Crippen LogP contribution in [0.2, 0.25) is 0 Å². The maximum Gasteiger partial charge on any atom is 0.256 e. The van der Waals surface area contributed by atoms with Crippen LogP contribution in [0.15, 0.2) is 69.0 Å². The van der Waals surface area contributed by atoms with Gasteiger partial charge < -0.3 is 9.40 Å². The minimum absolute atomic E-state index is 0.0439. The van der Waals surface area contributed by atoms with Crippen molar-refractivity contribution in [1.29, 1.82) is 0 Å². The number of aromatic nitrogens is 3. The number of thioether (sulfide) groups is 1. The maximum atomic E-state index is 12.8. The molecule has 2 aromatic carbocycles. The van der Waals surface area contributed by atoms with Crippen molar-refractivity contribution < 1.29 is 4.42 Å². The van der Waals surface area contributed by atoms with Crippen LogP contribution in [0, 0.1) is 13.8 Å². The van der Waals surface area contributed by atoms with Crippen molar-refractivity contribution in [2.45, 2.75) is 44.3 Å². The van der Waals surface area contributed by atoms with Gasteiger partial charge in [-0.3, -0.25) is 9.69 Å². The number of nitrogens with zero attached hydrogens (tertiary/aromatic N) is 3. The molecular formula is C26H26N4O2S. The van der Waals surface area contributed by atoms with Gasteiger partial charge in [0.25, 0.3) is 5.56 Å². The number of rotatable bonds is 6. The third-order valence-corrected chi connectivity index (χ3v) is 6.76. The van der Waals surface area contributed by atoms with E-state index in [-0.39, 0.29) is 5.56 Å². The Morgan fingerprint density at radius 3 is 2.76 bits per heavy atom. The normalized spacial score (nSPS) is 13.8. The number of nitrogens with one attached hydrogen (secondary N) is 1. The first-order chi connectivity index (χ1) is 16.0. The van der Waals surface area contributed by atoms with Gasteiger partial charge in [0.05, 0.1) is 17.0 Å². The molecule has 0 atom stereocenters. The smallest absolute Gasteiger partial charge is 0.256 e. The lowest BCUT2D eigenvalue weighted by molar-refractivity contribution is 0.241. The number of hydrogen-bond acceptors (Lipinski definition) is 6. The predicted octanol–water partition coefficient (Wildman–Crippen LogP) is 4.89. The molecule has 6 nitrogen and oxygen atoms in total. The highest BCUT2D eigenvalue weighted by molar-refractivity contribution is 7.98. The van der Waals surface area contributed by atoms with Crippen molar-refractivity contribution in [2.24, 2.45) is 0 Å². The summed E-state index contributed by atoms with van der Waals surface area (Å²) in [6, 6.07) is 18.5. The van der Waals surface area contributed by atoms with E-state index in [2.05, 4.69) is 46.1 Å². The highest BCUT2D eigenvalue weighted by Gasteiger charge is 2.22. The summed E-state index contributed by atoms with van der Waals surface area (Å²) in [4.78, 5) is 27.5. The second kappa shape index (κ2) is 9.37. The molecule has 4 aromatic rings. The van der Waals surface area contributed by atoms with Gasteiger partial charge in [0.2, 0.25) is 5.89 Å². The lowest BCUT2D eigenvalue weighted by atomic mass is 10.1. The molecule has 1 aliphatic rings. The van der Waals surface area contributed by atoms with E-state index >= 15 is 0 Å². The lowest BCUT2D eigenvalue weighted by Crippen LogP contribution is -2.35. The highest BCUT2D eigenvalue weighted by Crippen LogP contribution is 2.27. The summed E-state index contributed by atoms with van der Waals surface area (Å²) >= 11 is 1.49. The van der Waals surface area contributed by atoms with Crippen LogP contribution in [0.1, 0.15) is 33.8 Å². The summed E-state index contributed by atoms with van der Waals surface area (Å²) in [7, 11) is 0. The van der Waals surface area contributed by atoms with Gasteiger partial charge in [-0.2, -0.15) is 0 Å². The van der Waals surface area contributed by atoms with Gasteiger partial charge >= 0.3 is 0 Å². The van der Waals surface area contributed by atoms with E-state index in [1.807, 2.05) is 37.3 Å². The van der Waals surface area contributed by atoms with E-state index in [1.165, 1.54) is 17.3 Å². The van der Waals surface area contributed by atoms with Crippen LogP contribution < -0.4 is 5.56 Å². The third kappa shape index (κ3) is 4.94. The molecule has 0 saturated carbocycles. The fraction of sp³-hybridized carbons (Fsp3) is 0.269. The molecule has 3 heterocycles. The Morgan fingerprint density at radius 2 is 1.94 bits per heavy atom. The van der Waals surface area contributed by atoms with Gasteiger partial charge in [0.1, 0.15) is 5.76 Å². The molecule has 0 fully saturated rings. The van der Waals surface area contributed by atoms with Crippen molar-refractivity contribution in [3.8, 4) is 11.5 Å². The van der Waals surface area contributed by atoms with Gasteiger partial charge in [-0.25, -0.2) is 9.97 Å². The molecular weight excluding hydrogens is 432 g/mol. The van der Waals surface area contributed by atoms with E-state index < -0.39 is 0 Å². The van der Waals surface area contributed by atoms with E-state index in [9.17, 15) is 4.79 Å². The van der Waals surface area contributed by atoms with E-state index in [0.717, 1.165) is 53.3 Å². The summed E-state index contributed by atoms with van der Waals surface area (Å²) < 4.78 is 5.90. The average Bonchev–Trinajstić information content (AvgIpc) is 3.19. The zero-order chi connectivity index (χ0) is 22.8. The van der Waals surface area contributed by atoms with Crippen LogP contribution in [0.4, 0.5) is 0 Å². The van der Waals surface area contributed by atoms with Crippen molar-refractivity contribution >= 4 is 11.8 Å². The second-order valence-corrected chi connectivity index (χ2v) is 9.39. The Labute approximate surface area is 197 Å². The van der Waals surface area contributed by atoms with Crippen molar-refractivity contribution in [3.05, 3.63) is 98.8 Å². The van der Waals surface area contributed by atoms with Gasteiger partial charge in [0, 0.05) is 37.4 Å². The quantitative estimate of drug-likeness (QED) is 0.327. The average molecular weight is 459 g/mol. The van der Waals surface area contributed by atoms with Gasteiger partial charge in [0.15, 0.2) is 5.16 Å². The predicted molar refractivity (Wildman–Crippen MR) is 130 cm³/mol. The van der Waals surface area contributed by atoms with E-state index in [4.69, 9.17) is 9.40 Å². The molecule has 0 unspecified atom stereocenters. The van der Waals surface area contributed by atoms with Crippen LogP contribution in [0.25, 0.3) is 11.5 Å². The molecule has 5 rings (SSSR count). The Balaban J connectivity index is 1.28. The van der Waals surface area contributed by atoms with Crippen LogP contribution in [-0.4, -0.2) is 26.4 Å². The number of aryl methyl sites for hydroxylation is 2. The lowest BCUT2D eigenvalue weighted by Gasteiger charge is -2.27. The molecule has 1 aliphatic heterocycles. The summed E-state index contributed by atoms with van der Waals surface area (Å²) in [6.45, 7) is 6.33. The first-order valence-electron chi connectivity index (χ1n) is 11.1. The number of hydrogen-bond donors (Lipinski definition) is 1. The molecule has 0 bridgehead atoms. The van der Waals surface area contributed by atoms with Crippen molar-refractivity contribution in [2.75, 3.05) is 6.54 Å². The minimum Gasteiger partial charge on any atom is -0.441 e. The third-order valence-electron chi connectivity index (χ3n) is 5.88. The minimum atomic E-state index is -0.0439. The first-order valence-corrected chi connectivity index (χ1v) is 12.1. The first kappa shape index (κ1) is 21.7. The number of benzene rings is 2. The summed E-state index contributed by atoms with van der Waals surface area (Å²) in [5.74, 6) is 2.00. The van der Waals surface area contributed by atoms with Gasteiger partial charge in [-0.1, -0.05) is 59.8 Å². The molecule has 168 valence electrons. The summed E-state index contributed by atoms with van der Waals surface area (Å²) in [5, 5.41) is 0.634. The second-order valence-electron chi connectivity index (χ2n) is 8.42. The fourth-order valence-electron chi connectivity index (χ4n) is 4.10. The van der Waals surface area contributed by atoms with Gasteiger partial charge in [-0.15, -0.1) is 0 Å². The largest absolute Gasteiger partial charge is 0.441 e. The van der Waals surface area contributed by atoms with E-state index in [0.29, 0.717) is 23.3 Å². The standard InChI is InChI=1S/C26H26N4O2S/c1-17-7-6-10-20(13-17)25-27-23(18(2)32-25)16-33-26-28-22-11-12-30(15-21(22)24(31)29-26)14-19-8-4-3-5-9-19/h3-10,13H,11-12,14-16H2,1-2H3,(H,28,29,31). The SMILES string of the molecule is Cc1cccc(-c2nc(CSc3nc4c(c(=O)[nH]3)CN(Cc3ccccc3)CC4)c(C)o2)c1. The summed E-state index contributed by atoms with van der Waals surface area (Å²) in [5.41, 5.74) is 5.89. The van der Waals surface area contributed by atoms with Crippen LogP contribution >= 0.6 is 11.8 Å².